The number of anilines is 1. The highest BCUT2D eigenvalue weighted by Crippen LogP contribution is 2.31. The predicted molar refractivity (Wildman–Crippen MR) is 83.1 cm³/mol. The molecule has 0 aliphatic carbocycles. The second-order valence-corrected chi connectivity index (χ2v) is 5.02. The van der Waals surface area contributed by atoms with E-state index < -0.39 is 0 Å². The summed E-state index contributed by atoms with van der Waals surface area (Å²) in [5, 5.41) is 14.4. The van der Waals surface area contributed by atoms with E-state index in [0.717, 1.165) is 11.3 Å². The highest BCUT2D eigenvalue weighted by atomic mass is 35.5. The number of halogens is 2. The van der Waals surface area contributed by atoms with Crippen LogP contribution in [0.3, 0.4) is 0 Å². The van der Waals surface area contributed by atoms with Crippen LogP contribution >= 0.6 is 23.2 Å². The van der Waals surface area contributed by atoms with E-state index in [4.69, 9.17) is 27.9 Å². The summed E-state index contributed by atoms with van der Waals surface area (Å²) in [5.41, 5.74) is 1.50. The lowest BCUT2D eigenvalue weighted by Crippen LogP contribution is -2.01. The van der Waals surface area contributed by atoms with Crippen LogP contribution in [0.1, 0.15) is 12.5 Å². The van der Waals surface area contributed by atoms with Gasteiger partial charge in [-0.2, -0.15) is 0 Å². The average molecular weight is 312 g/mol. The Morgan fingerprint density at radius 1 is 1.20 bits per heavy atom. The number of aromatic hydroxyl groups is 1. The molecular formula is C15H15Cl2NO2. The molecule has 0 radical (unpaired) electrons. The molecule has 5 heteroatoms. The standard InChI is InChI=1S/C15H15Cl2NO2/c1-2-20-14-5-3-4-10(15(14)19)9-18-13-7-6-11(16)8-12(13)17/h3-8,18-19H,2,9H2,1H3. The number of phenols is 1. The van der Waals surface area contributed by atoms with Gasteiger partial charge in [0.2, 0.25) is 0 Å². The van der Waals surface area contributed by atoms with Gasteiger partial charge < -0.3 is 15.2 Å². The lowest BCUT2D eigenvalue weighted by Gasteiger charge is -2.12. The van der Waals surface area contributed by atoms with Crippen LogP contribution in [0.4, 0.5) is 5.69 Å². The van der Waals surface area contributed by atoms with E-state index in [1.165, 1.54) is 0 Å². The molecule has 0 spiro atoms. The molecule has 106 valence electrons. The zero-order chi connectivity index (χ0) is 14.5. The van der Waals surface area contributed by atoms with Gasteiger partial charge in [0.25, 0.3) is 0 Å². The Morgan fingerprint density at radius 2 is 2.00 bits per heavy atom. The lowest BCUT2D eigenvalue weighted by atomic mass is 10.2. The summed E-state index contributed by atoms with van der Waals surface area (Å²) in [7, 11) is 0. The van der Waals surface area contributed by atoms with Gasteiger partial charge in [0.15, 0.2) is 11.5 Å². The van der Waals surface area contributed by atoms with Gasteiger partial charge in [-0.05, 0) is 31.2 Å². The van der Waals surface area contributed by atoms with Crippen molar-refractivity contribution in [1.82, 2.24) is 0 Å². The first-order valence-electron chi connectivity index (χ1n) is 6.24. The zero-order valence-corrected chi connectivity index (χ0v) is 12.5. The van der Waals surface area contributed by atoms with Crippen molar-refractivity contribution in [3.63, 3.8) is 0 Å². The van der Waals surface area contributed by atoms with Gasteiger partial charge in [-0.3, -0.25) is 0 Å². The first-order chi connectivity index (χ1) is 9.61. The summed E-state index contributed by atoms with van der Waals surface area (Å²) in [5.74, 6) is 0.626. The van der Waals surface area contributed by atoms with Crippen LogP contribution < -0.4 is 10.1 Å². The first kappa shape index (κ1) is 14.8. The highest BCUT2D eigenvalue weighted by Gasteiger charge is 2.08. The second-order valence-electron chi connectivity index (χ2n) is 4.17. The maximum atomic E-state index is 10.1. The van der Waals surface area contributed by atoms with Gasteiger partial charge >= 0.3 is 0 Å². The molecule has 0 aliphatic heterocycles. The average Bonchev–Trinajstić information content (AvgIpc) is 2.42. The molecule has 0 aromatic heterocycles. The molecule has 2 rings (SSSR count). The monoisotopic (exact) mass is 311 g/mol. The van der Waals surface area contributed by atoms with Crippen LogP contribution in [-0.4, -0.2) is 11.7 Å². The molecule has 0 saturated heterocycles. The van der Waals surface area contributed by atoms with Crippen molar-refractivity contribution in [3.8, 4) is 11.5 Å². The van der Waals surface area contributed by atoms with Crippen LogP contribution in [0.15, 0.2) is 36.4 Å². The third-order valence-electron chi connectivity index (χ3n) is 2.78. The molecule has 0 heterocycles. The smallest absolute Gasteiger partial charge is 0.162 e. The van der Waals surface area contributed by atoms with Crippen LogP contribution in [0.5, 0.6) is 11.5 Å². The quantitative estimate of drug-likeness (QED) is 0.840. The van der Waals surface area contributed by atoms with Gasteiger partial charge in [-0.1, -0.05) is 35.3 Å². The minimum absolute atomic E-state index is 0.145. The maximum Gasteiger partial charge on any atom is 0.162 e. The SMILES string of the molecule is CCOc1cccc(CNc2ccc(Cl)cc2Cl)c1O. The van der Waals surface area contributed by atoms with E-state index in [2.05, 4.69) is 5.32 Å². The van der Waals surface area contributed by atoms with E-state index in [1.807, 2.05) is 19.1 Å². The predicted octanol–water partition coefficient (Wildman–Crippen LogP) is 4.71. The molecule has 20 heavy (non-hydrogen) atoms. The Balaban J connectivity index is 2.12. The summed E-state index contributed by atoms with van der Waals surface area (Å²) in [6.07, 6.45) is 0. The lowest BCUT2D eigenvalue weighted by molar-refractivity contribution is 0.317. The van der Waals surface area contributed by atoms with Crippen molar-refractivity contribution in [2.24, 2.45) is 0 Å². The number of rotatable bonds is 5. The molecule has 0 amide bonds. The Bertz CT molecular complexity index is 602. The fourth-order valence-corrected chi connectivity index (χ4v) is 2.28. The molecule has 3 nitrogen and oxygen atoms in total. The van der Waals surface area contributed by atoms with Crippen LogP contribution in [-0.2, 0) is 6.54 Å². The highest BCUT2D eigenvalue weighted by molar-refractivity contribution is 6.36. The fraction of sp³-hybridized carbons (Fsp3) is 0.200. The van der Waals surface area contributed by atoms with Gasteiger partial charge in [0.1, 0.15) is 0 Å². The van der Waals surface area contributed by atoms with Gasteiger partial charge in [0.05, 0.1) is 17.3 Å². The van der Waals surface area contributed by atoms with Crippen LogP contribution in [0, 0.1) is 0 Å². The van der Waals surface area contributed by atoms with Gasteiger partial charge in [0, 0.05) is 17.1 Å². The maximum absolute atomic E-state index is 10.1. The summed E-state index contributed by atoms with van der Waals surface area (Å²) < 4.78 is 5.35. The molecule has 0 atom stereocenters. The molecule has 2 aromatic rings. The number of para-hydroxylation sites is 1. The van der Waals surface area contributed by atoms with E-state index in [-0.39, 0.29) is 5.75 Å². The van der Waals surface area contributed by atoms with E-state index in [9.17, 15) is 5.11 Å². The van der Waals surface area contributed by atoms with Crippen molar-refractivity contribution < 1.29 is 9.84 Å². The Kier molecular flexibility index (Phi) is 4.99. The molecule has 2 N–H and O–H groups in total. The van der Waals surface area contributed by atoms with Gasteiger partial charge in [-0.15, -0.1) is 0 Å². The number of benzene rings is 2. The molecule has 0 aliphatic rings. The van der Waals surface area contributed by atoms with Crippen molar-refractivity contribution in [3.05, 3.63) is 52.0 Å². The molecule has 2 aromatic carbocycles. The van der Waals surface area contributed by atoms with E-state index in [1.54, 1.807) is 24.3 Å². The summed E-state index contributed by atoms with van der Waals surface area (Å²) in [4.78, 5) is 0. The third kappa shape index (κ3) is 3.50. The summed E-state index contributed by atoms with van der Waals surface area (Å²) >= 11 is 11.9. The van der Waals surface area contributed by atoms with Crippen LogP contribution in [0.2, 0.25) is 10.0 Å². The number of ether oxygens (including phenoxy) is 1. The minimum Gasteiger partial charge on any atom is -0.504 e. The first-order valence-corrected chi connectivity index (χ1v) is 7.00. The topological polar surface area (TPSA) is 41.5 Å². The Morgan fingerprint density at radius 3 is 2.70 bits per heavy atom. The number of nitrogens with one attached hydrogen (secondary N) is 1. The Labute approximate surface area is 128 Å². The van der Waals surface area contributed by atoms with Crippen molar-refractivity contribution in [1.29, 1.82) is 0 Å². The van der Waals surface area contributed by atoms with Gasteiger partial charge in [-0.25, -0.2) is 0 Å². The van der Waals surface area contributed by atoms with Crippen LogP contribution in [0.25, 0.3) is 0 Å². The molecular weight excluding hydrogens is 297 g/mol. The molecule has 0 saturated carbocycles. The number of hydrogen-bond acceptors (Lipinski definition) is 3. The normalized spacial score (nSPS) is 10.3. The molecule has 0 bridgehead atoms. The fourth-order valence-electron chi connectivity index (χ4n) is 1.81. The van der Waals surface area contributed by atoms with Crippen molar-refractivity contribution >= 4 is 28.9 Å². The van der Waals surface area contributed by atoms with Crippen molar-refractivity contribution in [2.75, 3.05) is 11.9 Å². The largest absolute Gasteiger partial charge is 0.504 e. The second kappa shape index (κ2) is 6.73. The van der Waals surface area contributed by atoms with Crippen molar-refractivity contribution in [2.45, 2.75) is 13.5 Å². The summed E-state index contributed by atoms with van der Waals surface area (Å²) in [6.45, 7) is 2.82. The number of hydrogen-bond donors (Lipinski definition) is 2. The number of phenolic OH excluding ortho intramolecular Hbond substituents is 1. The molecule has 0 unspecified atom stereocenters. The zero-order valence-electron chi connectivity index (χ0n) is 11.0. The molecule has 0 fully saturated rings. The minimum atomic E-state index is 0.145. The third-order valence-corrected chi connectivity index (χ3v) is 3.33. The Hall–Kier alpha value is -1.58. The summed E-state index contributed by atoms with van der Waals surface area (Å²) in [6, 6.07) is 10.6. The van der Waals surface area contributed by atoms with E-state index >= 15 is 0 Å². The van der Waals surface area contributed by atoms with E-state index in [0.29, 0.717) is 28.9 Å².